The van der Waals surface area contributed by atoms with Crippen LogP contribution in [0.4, 0.5) is 0 Å². The van der Waals surface area contributed by atoms with E-state index >= 15 is 0 Å². The second-order valence-corrected chi connectivity index (χ2v) is 8.30. The fraction of sp³-hybridized carbons (Fsp3) is 0.955. The first-order chi connectivity index (χ1) is 11.3. The van der Waals surface area contributed by atoms with Crippen molar-refractivity contribution >= 4 is 5.78 Å². The van der Waals surface area contributed by atoms with Gasteiger partial charge in [0, 0.05) is 11.8 Å². The summed E-state index contributed by atoms with van der Waals surface area (Å²) in [6.07, 6.45) is 23.2. The van der Waals surface area contributed by atoms with Crippen LogP contribution in [0.25, 0.3) is 0 Å². The van der Waals surface area contributed by atoms with Crippen LogP contribution < -0.4 is 0 Å². The normalized spacial score (nSPS) is 19.0. The lowest BCUT2D eigenvalue weighted by atomic mass is 9.89. The van der Waals surface area contributed by atoms with Gasteiger partial charge in [-0.15, -0.1) is 0 Å². The van der Waals surface area contributed by atoms with Gasteiger partial charge in [0.15, 0.2) is 0 Å². The van der Waals surface area contributed by atoms with E-state index < -0.39 is 0 Å². The first-order valence-electron chi connectivity index (χ1n) is 10.9. The molecule has 2 rings (SSSR count). The average molecular weight is 321 g/mol. The Bertz CT molecular complexity index is 314. The third-order valence-electron chi connectivity index (χ3n) is 5.90. The predicted molar refractivity (Wildman–Crippen MR) is 99.6 cm³/mol. The fourth-order valence-corrected chi connectivity index (χ4v) is 3.98. The Labute approximate surface area is 145 Å². The summed E-state index contributed by atoms with van der Waals surface area (Å²) >= 11 is 0. The molecule has 2 fully saturated rings. The molecule has 1 atom stereocenters. The molecule has 134 valence electrons. The Morgan fingerprint density at radius 1 is 0.739 bits per heavy atom. The van der Waals surface area contributed by atoms with Gasteiger partial charge in [0.25, 0.3) is 0 Å². The molecule has 2 saturated carbocycles. The minimum absolute atomic E-state index is 0.464. The zero-order valence-corrected chi connectivity index (χ0v) is 15.7. The monoisotopic (exact) mass is 320 g/mol. The third-order valence-corrected chi connectivity index (χ3v) is 5.90. The highest BCUT2D eigenvalue weighted by Gasteiger charge is 2.41. The molecule has 0 amide bonds. The minimum Gasteiger partial charge on any atom is -0.299 e. The number of carbonyl (C=O) groups is 1. The number of Topliss-reactive ketones (excluding diaryl/α,β-unsaturated/α-hetero) is 1. The Morgan fingerprint density at radius 3 is 1.65 bits per heavy atom. The van der Waals surface area contributed by atoms with Crippen molar-refractivity contribution in [1.29, 1.82) is 0 Å². The smallest absolute Gasteiger partial charge is 0.139 e. The summed E-state index contributed by atoms with van der Waals surface area (Å²) in [6.45, 7) is 2.29. The van der Waals surface area contributed by atoms with Gasteiger partial charge in [-0.3, -0.25) is 4.79 Å². The minimum atomic E-state index is 0.464. The van der Waals surface area contributed by atoms with Crippen LogP contribution >= 0.6 is 0 Å². The topological polar surface area (TPSA) is 17.1 Å². The molecule has 0 spiro atoms. The Morgan fingerprint density at radius 2 is 1.22 bits per heavy atom. The van der Waals surface area contributed by atoms with Crippen LogP contribution in [0.1, 0.15) is 116 Å². The molecule has 0 heterocycles. The summed E-state index contributed by atoms with van der Waals surface area (Å²) < 4.78 is 0. The van der Waals surface area contributed by atoms with E-state index in [1.807, 2.05) is 0 Å². The molecule has 0 aromatic heterocycles. The summed E-state index contributed by atoms with van der Waals surface area (Å²) in [5, 5.41) is 0. The highest BCUT2D eigenvalue weighted by atomic mass is 16.1. The van der Waals surface area contributed by atoms with Gasteiger partial charge in [-0.05, 0) is 38.0 Å². The molecule has 0 N–H and O–H groups in total. The third kappa shape index (κ3) is 8.36. The van der Waals surface area contributed by atoms with Crippen LogP contribution in [0.5, 0.6) is 0 Å². The van der Waals surface area contributed by atoms with E-state index in [0.717, 1.165) is 5.92 Å². The summed E-state index contributed by atoms with van der Waals surface area (Å²) in [5.41, 5.74) is 0. The van der Waals surface area contributed by atoms with Gasteiger partial charge in [0.1, 0.15) is 5.78 Å². The Hall–Kier alpha value is -0.330. The first kappa shape index (κ1) is 19.0. The van der Waals surface area contributed by atoms with Gasteiger partial charge >= 0.3 is 0 Å². The quantitative estimate of drug-likeness (QED) is 0.278. The maximum atomic E-state index is 12.3. The zero-order chi connectivity index (χ0) is 16.3. The summed E-state index contributed by atoms with van der Waals surface area (Å²) in [5.74, 6) is 2.38. The molecule has 0 aromatic rings. The van der Waals surface area contributed by atoms with E-state index in [1.54, 1.807) is 0 Å². The van der Waals surface area contributed by atoms with Crippen LogP contribution in [0.2, 0.25) is 0 Å². The highest BCUT2D eigenvalue weighted by Crippen LogP contribution is 2.44. The summed E-state index contributed by atoms with van der Waals surface area (Å²) in [6, 6.07) is 0. The lowest BCUT2D eigenvalue weighted by molar-refractivity contribution is -0.125. The van der Waals surface area contributed by atoms with Crippen molar-refractivity contribution in [2.45, 2.75) is 116 Å². The molecular formula is C22H40O. The molecule has 0 aromatic carbocycles. The number of hydrogen-bond donors (Lipinski definition) is 0. The molecule has 0 bridgehead atoms. The fourth-order valence-electron chi connectivity index (χ4n) is 3.98. The number of unbranched alkanes of at least 4 members (excludes halogenated alkanes) is 11. The largest absolute Gasteiger partial charge is 0.299 e. The van der Waals surface area contributed by atoms with E-state index in [1.165, 1.54) is 109 Å². The van der Waals surface area contributed by atoms with Crippen LogP contribution in [-0.4, -0.2) is 5.78 Å². The van der Waals surface area contributed by atoms with E-state index in [-0.39, 0.29) is 0 Å². The predicted octanol–water partition coefficient (Wildman–Crippen LogP) is 7.08. The van der Waals surface area contributed by atoms with Gasteiger partial charge in [0.05, 0.1) is 0 Å². The van der Waals surface area contributed by atoms with Crippen molar-refractivity contribution in [2.24, 2.45) is 17.8 Å². The lowest BCUT2D eigenvalue weighted by Gasteiger charge is -2.14. The standard InChI is InChI=1S/C22H40O/c1-2-3-4-5-6-7-8-9-10-11-12-13-14-21(19-15-16-19)22(23)20-17-18-20/h19-21H,2-18H2,1H3. The highest BCUT2D eigenvalue weighted by molar-refractivity contribution is 5.85. The van der Waals surface area contributed by atoms with Crippen LogP contribution in [-0.2, 0) is 4.79 Å². The Kier molecular flexibility index (Phi) is 9.31. The number of ketones is 1. The lowest BCUT2D eigenvalue weighted by Crippen LogP contribution is -2.18. The molecule has 0 radical (unpaired) electrons. The zero-order valence-electron chi connectivity index (χ0n) is 15.7. The summed E-state index contributed by atoms with van der Waals surface area (Å²) in [7, 11) is 0. The molecule has 1 heteroatoms. The molecule has 0 aliphatic heterocycles. The second-order valence-electron chi connectivity index (χ2n) is 8.30. The van der Waals surface area contributed by atoms with Gasteiger partial charge in [-0.25, -0.2) is 0 Å². The SMILES string of the molecule is CCCCCCCCCCCCCCC(C(=O)C1CC1)C1CC1. The second kappa shape index (κ2) is 11.3. The van der Waals surface area contributed by atoms with Crippen LogP contribution in [0.3, 0.4) is 0 Å². The van der Waals surface area contributed by atoms with Gasteiger partial charge in [-0.2, -0.15) is 0 Å². The van der Waals surface area contributed by atoms with Crippen molar-refractivity contribution < 1.29 is 4.79 Å². The van der Waals surface area contributed by atoms with E-state index in [4.69, 9.17) is 0 Å². The molecule has 0 saturated heterocycles. The molecule has 1 nitrogen and oxygen atoms in total. The van der Waals surface area contributed by atoms with Crippen molar-refractivity contribution in [3.63, 3.8) is 0 Å². The van der Waals surface area contributed by atoms with Gasteiger partial charge < -0.3 is 0 Å². The van der Waals surface area contributed by atoms with Crippen molar-refractivity contribution in [1.82, 2.24) is 0 Å². The number of rotatable bonds is 16. The summed E-state index contributed by atoms with van der Waals surface area (Å²) in [4.78, 5) is 12.3. The average Bonchev–Trinajstić information content (AvgIpc) is 3.43. The van der Waals surface area contributed by atoms with Crippen molar-refractivity contribution in [2.75, 3.05) is 0 Å². The van der Waals surface area contributed by atoms with Gasteiger partial charge in [0.2, 0.25) is 0 Å². The van der Waals surface area contributed by atoms with Crippen LogP contribution in [0.15, 0.2) is 0 Å². The maximum absolute atomic E-state index is 12.3. The molecule has 2 aliphatic rings. The van der Waals surface area contributed by atoms with Crippen molar-refractivity contribution in [3.05, 3.63) is 0 Å². The molecule has 1 unspecified atom stereocenters. The molecule has 23 heavy (non-hydrogen) atoms. The molecular weight excluding hydrogens is 280 g/mol. The molecule has 2 aliphatic carbocycles. The van der Waals surface area contributed by atoms with E-state index in [2.05, 4.69) is 6.92 Å². The van der Waals surface area contributed by atoms with E-state index in [9.17, 15) is 4.79 Å². The number of carbonyl (C=O) groups excluding carboxylic acids is 1. The number of hydrogen-bond acceptors (Lipinski definition) is 1. The van der Waals surface area contributed by atoms with Gasteiger partial charge in [-0.1, -0.05) is 84.0 Å². The first-order valence-corrected chi connectivity index (χ1v) is 10.9. The Balaban J connectivity index is 1.37. The van der Waals surface area contributed by atoms with Crippen molar-refractivity contribution in [3.8, 4) is 0 Å². The van der Waals surface area contributed by atoms with E-state index in [0.29, 0.717) is 17.6 Å². The van der Waals surface area contributed by atoms with Crippen LogP contribution in [0, 0.1) is 17.8 Å². The maximum Gasteiger partial charge on any atom is 0.139 e.